The van der Waals surface area contributed by atoms with Crippen LogP contribution in [0.3, 0.4) is 0 Å². The van der Waals surface area contributed by atoms with Crippen molar-refractivity contribution in [1.82, 2.24) is 5.32 Å². The molecule has 0 fully saturated rings. The Morgan fingerprint density at radius 3 is 2.53 bits per heavy atom. The Hall–Kier alpha value is -1.00. The Morgan fingerprint density at radius 2 is 2.00 bits per heavy atom. The second-order valence-electron chi connectivity index (χ2n) is 4.12. The molecule has 0 radical (unpaired) electrons. The number of anilines is 1. The van der Waals surface area contributed by atoms with Crippen LogP contribution in [-0.2, 0) is 11.3 Å². The fraction of sp³-hybridized carbons (Fsp3) is 0.462. The van der Waals surface area contributed by atoms with Crippen molar-refractivity contribution in [2.75, 3.05) is 17.3 Å². The third kappa shape index (κ3) is 5.75. The molecule has 1 rings (SSSR count). The summed E-state index contributed by atoms with van der Waals surface area (Å²) in [5.74, 6) is 1.08. The molecular weight excluding hydrogens is 232 g/mol. The summed E-state index contributed by atoms with van der Waals surface area (Å²) < 4.78 is 0. The number of benzene rings is 1. The molecule has 3 nitrogen and oxygen atoms in total. The van der Waals surface area contributed by atoms with Gasteiger partial charge in [-0.15, -0.1) is 0 Å². The number of hydrogen-bond donors (Lipinski definition) is 2. The highest BCUT2D eigenvalue weighted by Crippen LogP contribution is 2.09. The van der Waals surface area contributed by atoms with Crippen LogP contribution in [0.4, 0.5) is 5.69 Å². The number of carbonyl (C=O) groups is 1. The molecule has 94 valence electrons. The molecule has 0 aliphatic carbocycles. The molecule has 4 heteroatoms. The van der Waals surface area contributed by atoms with Gasteiger partial charge in [0.25, 0.3) is 0 Å². The maximum absolute atomic E-state index is 10.9. The zero-order chi connectivity index (χ0) is 12.7. The minimum absolute atomic E-state index is 0.0375. The van der Waals surface area contributed by atoms with Crippen LogP contribution in [0.15, 0.2) is 24.3 Å². The predicted molar refractivity (Wildman–Crippen MR) is 75.4 cm³/mol. The Morgan fingerprint density at radius 1 is 1.35 bits per heavy atom. The molecule has 0 spiro atoms. The van der Waals surface area contributed by atoms with Crippen molar-refractivity contribution in [2.45, 2.75) is 26.4 Å². The molecule has 1 atom stereocenters. The number of rotatable bonds is 6. The lowest BCUT2D eigenvalue weighted by atomic mass is 10.2. The average Bonchev–Trinajstić information content (AvgIpc) is 2.28. The summed E-state index contributed by atoms with van der Waals surface area (Å²) in [6.07, 6.45) is 2.11. The molecule has 0 aliphatic rings. The van der Waals surface area contributed by atoms with Crippen LogP contribution < -0.4 is 10.6 Å². The number of hydrogen-bond acceptors (Lipinski definition) is 3. The van der Waals surface area contributed by atoms with Gasteiger partial charge < -0.3 is 10.6 Å². The van der Waals surface area contributed by atoms with Crippen molar-refractivity contribution >= 4 is 23.4 Å². The van der Waals surface area contributed by atoms with Crippen molar-refractivity contribution < 1.29 is 4.79 Å². The van der Waals surface area contributed by atoms with E-state index in [-0.39, 0.29) is 5.91 Å². The summed E-state index contributed by atoms with van der Waals surface area (Å²) in [7, 11) is 0. The van der Waals surface area contributed by atoms with E-state index in [0.29, 0.717) is 6.04 Å². The second-order valence-corrected chi connectivity index (χ2v) is 5.03. The average molecular weight is 252 g/mol. The largest absolute Gasteiger partial charge is 0.326 e. The molecule has 1 amide bonds. The zero-order valence-corrected chi connectivity index (χ0v) is 11.4. The summed E-state index contributed by atoms with van der Waals surface area (Å²) >= 11 is 1.84. The maximum atomic E-state index is 10.9. The van der Waals surface area contributed by atoms with Gasteiger partial charge in [-0.2, -0.15) is 11.8 Å². The minimum atomic E-state index is -0.0375. The van der Waals surface area contributed by atoms with Gasteiger partial charge >= 0.3 is 0 Å². The van der Waals surface area contributed by atoms with E-state index in [4.69, 9.17) is 0 Å². The van der Waals surface area contributed by atoms with E-state index < -0.39 is 0 Å². The van der Waals surface area contributed by atoms with Gasteiger partial charge in [0.2, 0.25) is 5.91 Å². The molecule has 0 saturated heterocycles. The molecule has 1 aromatic rings. The van der Waals surface area contributed by atoms with Gasteiger partial charge in [0.15, 0.2) is 0 Å². The van der Waals surface area contributed by atoms with Gasteiger partial charge in [-0.3, -0.25) is 4.79 Å². The van der Waals surface area contributed by atoms with Crippen LogP contribution in [0.1, 0.15) is 19.4 Å². The van der Waals surface area contributed by atoms with Gasteiger partial charge in [0, 0.05) is 31.0 Å². The molecule has 0 heterocycles. The van der Waals surface area contributed by atoms with Crippen molar-refractivity contribution in [3.05, 3.63) is 29.8 Å². The first-order valence-electron chi connectivity index (χ1n) is 5.70. The fourth-order valence-electron chi connectivity index (χ4n) is 1.51. The van der Waals surface area contributed by atoms with E-state index in [1.165, 1.54) is 12.5 Å². The van der Waals surface area contributed by atoms with Gasteiger partial charge in [0.05, 0.1) is 0 Å². The van der Waals surface area contributed by atoms with E-state index in [0.717, 1.165) is 18.0 Å². The smallest absolute Gasteiger partial charge is 0.221 e. The van der Waals surface area contributed by atoms with E-state index >= 15 is 0 Å². The van der Waals surface area contributed by atoms with E-state index in [2.05, 4.69) is 23.8 Å². The lowest BCUT2D eigenvalue weighted by Crippen LogP contribution is -2.27. The third-order valence-electron chi connectivity index (χ3n) is 2.35. The standard InChI is InChI=1S/C13H20N2OS/c1-10(9-17-3)14-8-12-4-6-13(7-5-12)15-11(2)16/h4-7,10,14H,8-9H2,1-3H3,(H,15,16). The molecule has 1 unspecified atom stereocenters. The zero-order valence-electron chi connectivity index (χ0n) is 10.6. The van der Waals surface area contributed by atoms with Crippen molar-refractivity contribution in [1.29, 1.82) is 0 Å². The topological polar surface area (TPSA) is 41.1 Å². The van der Waals surface area contributed by atoms with Gasteiger partial charge in [0.1, 0.15) is 0 Å². The van der Waals surface area contributed by atoms with Crippen LogP contribution >= 0.6 is 11.8 Å². The second kappa shape index (κ2) is 7.35. The molecule has 17 heavy (non-hydrogen) atoms. The molecule has 0 aromatic heterocycles. The van der Waals surface area contributed by atoms with E-state index in [9.17, 15) is 4.79 Å². The Balaban J connectivity index is 2.42. The van der Waals surface area contributed by atoms with Gasteiger partial charge in [-0.05, 0) is 30.9 Å². The summed E-state index contributed by atoms with van der Waals surface area (Å²) in [5.41, 5.74) is 2.07. The lowest BCUT2D eigenvalue weighted by Gasteiger charge is -2.12. The summed E-state index contributed by atoms with van der Waals surface area (Å²) in [6.45, 7) is 4.56. The molecule has 0 aliphatic heterocycles. The Kier molecular flexibility index (Phi) is 6.08. The number of thioether (sulfide) groups is 1. The van der Waals surface area contributed by atoms with Gasteiger partial charge in [-0.1, -0.05) is 12.1 Å². The van der Waals surface area contributed by atoms with E-state index in [1.54, 1.807) is 0 Å². The number of carbonyl (C=O) groups excluding carboxylic acids is 1. The SMILES string of the molecule is CSCC(C)NCc1ccc(NC(C)=O)cc1. The first-order valence-corrected chi connectivity index (χ1v) is 7.10. The molecule has 0 bridgehead atoms. The minimum Gasteiger partial charge on any atom is -0.326 e. The first-order chi connectivity index (χ1) is 8.11. The molecule has 2 N–H and O–H groups in total. The van der Waals surface area contributed by atoms with Crippen LogP contribution in [-0.4, -0.2) is 24.0 Å². The first kappa shape index (κ1) is 14.1. The number of nitrogens with one attached hydrogen (secondary N) is 2. The lowest BCUT2D eigenvalue weighted by molar-refractivity contribution is -0.114. The monoisotopic (exact) mass is 252 g/mol. The quantitative estimate of drug-likeness (QED) is 0.817. The third-order valence-corrected chi connectivity index (χ3v) is 3.18. The van der Waals surface area contributed by atoms with Crippen molar-refractivity contribution in [3.8, 4) is 0 Å². The van der Waals surface area contributed by atoms with Gasteiger partial charge in [-0.25, -0.2) is 0 Å². The summed E-state index contributed by atoms with van der Waals surface area (Å²) in [6, 6.07) is 8.43. The van der Waals surface area contributed by atoms with Crippen LogP contribution in [0.2, 0.25) is 0 Å². The van der Waals surface area contributed by atoms with E-state index in [1.807, 2.05) is 36.0 Å². The highest BCUT2D eigenvalue weighted by atomic mass is 32.2. The van der Waals surface area contributed by atoms with Crippen LogP contribution in [0.5, 0.6) is 0 Å². The van der Waals surface area contributed by atoms with Crippen molar-refractivity contribution in [2.24, 2.45) is 0 Å². The molecular formula is C13H20N2OS. The van der Waals surface area contributed by atoms with Crippen LogP contribution in [0.25, 0.3) is 0 Å². The fourth-order valence-corrected chi connectivity index (χ4v) is 2.13. The molecule has 0 saturated carbocycles. The highest BCUT2D eigenvalue weighted by molar-refractivity contribution is 7.98. The maximum Gasteiger partial charge on any atom is 0.221 e. The Labute approximate surface area is 107 Å². The summed E-state index contributed by atoms with van der Waals surface area (Å²) in [4.78, 5) is 10.9. The van der Waals surface area contributed by atoms with Crippen molar-refractivity contribution in [3.63, 3.8) is 0 Å². The molecule has 1 aromatic carbocycles. The predicted octanol–water partition coefficient (Wildman–Crippen LogP) is 2.49. The normalized spacial score (nSPS) is 12.2. The summed E-state index contributed by atoms with van der Waals surface area (Å²) in [5, 5.41) is 6.21. The highest BCUT2D eigenvalue weighted by Gasteiger charge is 2.00. The van der Waals surface area contributed by atoms with Crippen LogP contribution in [0, 0.1) is 0 Å². The Bertz CT molecular complexity index is 351. The number of amides is 1.